The van der Waals surface area contributed by atoms with E-state index in [1.807, 2.05) is 53.5 Å². The average molecular weight is 456 g/mol. The van der Waals surface area contributed by atoms with E-state index in [0.717, 1.165) is 11.5 Å². The van der Waals surface area contributed by atoms with E-state index in [-0.39, 0.29) is 17.8 Å². The molecule has 0 radical (unpaired) electrons. The fourth-order valence-electron chi connectivity index (χ4n) is 2.38. The van der Waals surface area contributed by atoms with Gasteiger partial charge in [0.1, 0.15) is 23.9 Å². The van der Waals surface area contributed by atoms with E-state index in [0.29, 0.717) is 0 Å². The second-order valence-electron chi connectivity index (χ2n) is 5.88. The molecule has 0 bridgehead atoms. The van der Waals surface area contributed by atoms with Crippen LogP contribution in [0.2, 0.25) is 0 Å². The molecule has 0 unspecified atom stereocenters. The van der Waals surface area contributed by atoms with Gasteiger partial charge in [-0.3, -0.25) is 0 Å². The number of thioether (sulfide) groups is 1. The number of halogens is 1. The molecule has 0 aliphatic rings. The van der Waals surface area contributed by atoms with Crippen molar-refractivity contribution in [2.45, 2.75) is 19.3 Å². The monoisotopic (exact) mass is 456 g/mol. The van der Waals surface area contributed by atoms with Crippen LogP contribution in [0.5, 0.6) is 11.5 Å². The van der Waals surface area contributed by atoms with Crippen molar-refractivity contribution in [3.8, 4) is 11.5 Å². The standard InChI is InChI=1S/C19H21IO3S/c1-19(2,15-6-10-18(23-20)11-7-15)14-4-8-17(9-5-14)22-12-16(21)13-24-3/h4-11,13,21H,12H2,1-3H3/b16-13-. The summed E-state index contributed by atoms with van der Waals surface area (Å²) < 4.78 is 10.8. The lowest BCUT2D eigenvalue weighted by atomic mass is 9.78. The molecule has 0 aliphatic heterocycles. The predicted octanol–water partition coefficient (Wildman–Crippen LogP) is 5.88. The number of hydrogen-bond donors (Lipinski definition) is 1. The van der Waals surface area contributed by atoms with Crippen molar-refractivity contribution in [1.29, 1.82) is 0 Å². The van der Waals surface area contributed by atoms with Gasteiger partial charge in [-0.2, -0.15) is 0 Å². The Morgan fingerprint density at radius 2 is 1.54 bits per heavy atom. The first-order valence-electron chi connectivity index (χ1n) is 7.50. The van der Waals surface area contributed by atoms with Gasteiger partial charge in [-0.25, -0.2) is 0 Å². The molecule has 24 heavy (non-hydrogen) atoms. The van der Waals surface area contributed by atoms with E-state index in [9.17, 15) is 5.11 Å². The Labute approximate surface area is 161 Å². The van der Waals surface area contributed by atoms with Crippen molar-refractivity contribution < 1.29 is 12.9 Å². The summed E-state index contributed by atoms with van der Waals surface area (Å²) in [6.45, 7) is 4.56. The number of ether oxygens (including phenoxy) is 1. The summed E-state index contributed by atoms with van der Waals surface area (Å²) in [5, 5.41) is 11.3. The molecule has 0 saturated heterocycles. The smallest absolute Gasteiger partial charge is 0.192 e. The lowest BCUT2D eigenvalue weighted by Gasteiger charge is -2.26. The first-order chi connectivity index (χ1) is 11.5. The van der Waals surface area contributed by atoms with Gasteiger partial charge in [0.25, 0.3) is 0 Å². The second-order valence-corrected chi connectivity index (χ2v) is 7.03. The van der Waals surface area contributed by atoms with Crippen LogP contribution in [-0.2, 0) is 5.41 Å². The maximum Gasteiger partial charge on any atom is 0.192 e. The predicted molar refractivity (Wildman–Crippen MR) is 109 cm³/mol. The van der Waals surface area contributed by atoms with E-state index in [2.05, 4.69) is 38.1 Å². The molecule has 3 nitrogen and oxygen atoms in total. The molecular formula is C19H21IO3S. The van der Waals surface area contributed by atoms with Crippen LogP contribution >= 0.6 is 34.8 Å². The van der Waals surface area contributed by atoms with Crippen molar-refractivity contribution in [1.82, 2.24) is 0 Å². The maximum atomic E-state index is 9.59. The minimum absolute atomic E-state index is 0.122. The van der Waals surface area contributed by atoms with Crippen molar-refractivity contribution in [2.24, 2.45) is 0 Å². The fourth-order valence-corrected chi connectivity index (χ4v) is 3.02. The molecule has 2 aromatic carbocycles. The number of benzene rings is 2. The zero-order valence-corrected chi connectivity index (χ0v) is 16.9. The topological polar surface area (TPSA) is 38.7 Å². The van der Waals surface area contributed by atoms with Gasteiger partial charge >= 0.3 is 0 Å². The van der Waals surface area contributed by atoms with Gasteiger partial charge in [0, 0.05) is 10.8 Å². The lowest BCUT2D eigenvalue weighted by Crippen LogP contribution is -2.18. The number of rotatable bonds is 7. The highest BCUT2D eigenvalue weighted by atomic mass is 127. The summed E-state index contributed by atoms with van der Waals surface area (Å²) in [7, 11) is 0. The summed E-state index contributed by atoms with van der Waals surface area (Å²) >= 11 is 3.33. The minimum Gasteiger partial charge on any atom is -0.508 e. The van der Waals surface area contributed by atoms with Crippen LogP contribution in [-0.4, -0.2) is 18.0 Å². The summed E-state index contributed by atoms with van der Waals surface area (Å²) in [6.07, 6.45) is 1.89. The highest BCUT2D eigenvalue weighted by molar-refractivity contribution is 14.1. The highest BCUT2D eigenvalue weighted by Gasteiger charge is 2.23. The Kier molecular flexibility index (Phi) is 6.86. The Hall–Kier alpha value is -1.34. The molecule has 128 valence electrons. The normalized spacial score (nSPS) is 12.1. The van der Waals surface area contributed by atoms with Crippen molar-refractivity contribution in [3.05, 3.63) is 70.8 Å². The molecule has 2 rings (SSSR count). The van der Waals surface area contributed by atoms with E-state index < -0.39 is 0 Å². The summed E-state index contributed by atoms with van der Waals surface area (Å²) in [5.41, 5.74) is 2.29. The zero-order valence-electron chi connectivity index (χ0n) is 14.0. The largest absolute Gasteiger partial charge is 0.508 e. The van der Waals surface area contributed by atoms with Gasteiger partial charge in [-0.1, -0.05) is 38.1 Å². The van der Waals surface area contributed by atoms with Gasteiger partial charge in [0.2, 0.25) is 0 Å². The van der Waals surface area contributed by atoms with Crippen LogP contribution in [0, 0.1) is 0 Å². The summed E-state index contributed by atoms with van der Waals surface area (Å²) in [4.78, 5) is 0. The third kappa shape index (κ3) is 4.83. The first-order valence-corrected chi connectivity index (χ1v) is 9.67. The summed E-state index contributed by atoms with van der Waals surface area (Å²) in [6, 6.07) is 16.1. The summed E-state index contributed by atoms with van der Waals surface area (Å²) in [5.74, 6) is 1.81. The van der Waals surface area contributed by atoms with Gasteiger partial charge in [-0.15, -0.1) is 11.8 Å². The van der Waals surface area contributed by atoms with Crippen molar-refractivity contribution in [2.75, 3.05) is 12.9 Å². The SMILES string of the molecule is CS/C=C(\O)COc1ccc(C(C)(C)c2ccc(OI)cc2)cc1. The molecule has 2 aromatic rings. The van der Waals surface area contributed by atoms with E-state index in [4.69, 9.17) is 7.80 Å². The molecule has 0 aliphatic carbocycles. The van der Waals surface area contributed by atoms with Crippen molar-refractivity contribution in [3.63, 3.8) is 0 Å². The van der Waals surface area contributed by atoms with E-state index >= 15 is 0 Å². The van der Waals surface area contributed by atoms with E-state index in [1.54, 1.807) is 5.41 Å². The van der Waals surface area contributed by atoms with Crippen LogP contribution in [0.1, 0.15) is 25.0 Å². The zero-order chi connectivity index (χ0) is 17.6. The van der Waals surface area contributed by atoms with Crippen molar-refractivity contribution >= 4 is 34.8 Å². The lowest BCUT2D eigenvalue weighted by molar-refractivity contribution is 0.271. The van der Waals surface area contributed by atoms with Gasteiger partial charge < -0.3 is 12.9 Å². The first kappa shape index (κ1) is 19.0. The fraction of sp³-hybridized carbons (Fsp3) is 0.263. The molecule has 0 fully saturated rings. The van der Waals surface area contributed by atoms with Crippen LogP contribution in [0.25, 0.3) is 0 Å². The number of hydrogen-bond acceptors (Lipinski definition) is 4. The number of aliphatic hydroxyl groups excluding tert-OH is 1. The molecule has 0 saturated carbocycles. The average Bonchev–Trinajstić information content (AvgIpc) is 2.60. The van der Waals surface area contributed by atoms with Gasteiger partial charge in [0.05, 0.1) is 0 Å². The molecule has 0 heterocycles. The Morgan fingerprint density at radius 3 is 2.00 bits per heavy atom. The molecule has 0 amide bonds. The molecule has 0 aromatic heterocycles. The van der Waals surface area contributed by atoms with Crippen LogP contribution in [0.3, 0.4) is 0 Å². The third-order valence-corrected chi connectivity index (χ3v) is 4.90. The Balaban J connectivity index is 2.11. The molecule has 0 spiro atoms. The quantitative estimate of drug-likeness (QED) is 0.417. The van der Waals surface area contributed by atoms with Crippen LogP contribution < -0.4 is 7.80 Å². The maximum absolute atomic E-state index is 9.59. The Bertz CT molecular complexity index is 679. The molecule has 5 heteroatoms. The highest BCUT2D eigenvalue weighted by Crippen LogP contribution is 2.33. The Morgan fingerprint density at radius 1 is 1.04 bits per heavy atom. The number of aliphatic hydroxyl groups is 1. The third-order valence-electron chi connectivity index (χ3n) is 3.88. The van der Waals surface area contributed by atoms with Crippen LogP contribution in [0.4, 0.5) is 0 Å². The van der Waals surface area contributed by atoms with Crippen LogP contribution in [0.15, 0.2) is 59.7 Å². The minimum atomic E-state index is -0.122. The van der Waals surface area contributed by atoms with E-state index in [1.165, 1.54) is 22.9 Å². The second kappa shape index (κ2) is 8.67. The van der Waals surface area contributed by atoms with Gasteiger partial charge in [-0.05, 0) is 41.6 Å². The molecular weight excluding hydrogens is 435 g/mol. The van der Waals surface area contributed by atoms with Gasteiger partial charge in [0.15, 0.2) is 23.0 Å². The molecule has 1 N–H and O–H groups in total. The molecule has 0 atom stereocenters.